The third-order valence-corrected chi connectivity index (χ3v) is 5.91. The highest BCUT2D eigenvalue weighted by Crippen LogP contribution is 2.66. The van der Waals surface area contributed by atoms with Crippen LogP contribution in [-0.4, -0.2) is 10.5 Å². The highest BCUT2D eigenvalue weighted by molar-refractivity contribution is 5.46. The van der Waals surface area contributed by atoms with Crippen LogP contribution in [0.5, 0.6) is 0 Å². The van der Waals surface area contributed by atoms with E-state index in [2.05, 4.69) is 30.2 Å². The van der Waals surface area contributed by atoms with E-state index in [-0.39, 0.29) is 5.54 Å². The first-order valence-corrected chi connectivity index (χ1v) is 8.06. The molecule has 0 aliphatic heterocycles. The van der Waals surface area contributed by atoms with Gasteiger partial charge < -0.3 is 5.32 Å². The molecular weight excluding hydrogens is 258 g/mol. The van der Waals surface area contributed by atoms with E-state index in [0.717, 1.165) is 11.6 Å². The molecule has 1 aromatic rings. The molecule has 4 aliphatic rings. The van der Waals surface area contributed by atoms with E-state index in [1.165, 1.54) is 38.5 Å². The van der Waals surface area contributed by atoms with E-state index in [9.17, 15) is 0 Å². The maximum Gasteiger partial charge on any atom is 0.140 e. The van der Waals surface area contributed by atoms with Crippen LogP contribution in [-0.2, 0) is 0 Å². The zero-order chi connectivity index (χ0) is 14.7. The zero-order valence-corrected chi connectivity index (χ0v) is 12.9. The molecule has 0 aromatic carbocycles. The largest absolute Gasteiger partial charge is 0.378 e. The maximum atomic E-state index is 8.87. The van der Waals surface area contributed by atoms with Crippen molar-refractivity contribution in [2.45, 2.75) is 57.9 Å². The molecule has 2 unspecified atom stereocenters. The molecule has 4 bridgehead atoms. The molecule has 1 N–H and O–H groups in total. The summed E-state index contributed by atoms with van der Waals surface area (Å²) in [6.45, 7) is 4.98. The maximum absolute atomic E-state index is 8.87. The van der Waals surface area contributed by atoms with Crippen LogP contribution in [0.2, 0.25) is 0 Å². The fourth-order valence-electron chi connectivity index (χ4n) is 6.43. The molecule has 4 aliphatic carbocycles. The lowest BCUT2D eigenvalue weighted by atomic mass is 9.43. The minimum absolute atomic E-state index is 0.249. The van der Waals surface area contributed by atoms with Crippen molar-refractivity contribution < 1.29 is 0 Å². The second-order valence-corrected chi connectivity index (χ2v) is 8.58. The SMILES string of the molecule is CC12CC3CC(C)(C1)CC(Nc1ccc(C#N)nc1)(C3)C2. The van der Waals surface area contributed by atoms with Crippen LogP contribution in [0, 0.1) is 28.1 Å². The molecule has 0 spiro atoms. The average Bonchev–Trinajstić information content (AvgIpc) is 2.34. The van der Waals surface area contributed by atoms with Gasteiger partial charge in [0, 0.05) is 5.54 Å². The number of nitriles is 1. The quantitative estimate of drug-likeness (QED) is 0.887. The predicted molar refractivity (Wildman–Crippen MR) is 82.7 cm³/mol. The Morgan fingerprint density at radius 3 is 2.38 bits per heavy atom. The second kappa shape index (κ2) is 4.00. The summed E-state index contributed by atoms with van der Waals surface area (Å²) >= 11 is 0. The van der Waals surface area contributed by atoms with Gasteiger partial charge in [0.25, 0.3) is 0 Å². The van der Waals surface area contributed by atoms with Gasteiger partial charge in [-0.25, -0.2) is 4.98 Å². The van der Waals surface area contributed by atoms with Crippen LogP contribution < -0.4 is 5.32 Å². The lowest BCUT2D eigenvalue weighted by Crippen LogP contribution is -2.61. The number of nitrogens with zero attached hydrogens (tertiary/aromatic N) is 2. The molecule has 1 aromatic heterocycles. The summed E-state index contributed by atoms with van der Waals surface area (Å²) in [5.74, 6) is 0.884. The van der Waals surface area contributed by atoms with Crippen LogP contribution >= 0.6 is 0 Å². The van der Waals surface area contributed by atoms with Gasteiger partial charge in [0.1, 0.15) is 11.8 Å². The first kappa shape index (κ1) is 13.1. The summed E-state index contributed by atoms with van der Waals surface area (Å²) in [6, 6.07) is 5.91. The molecule has 0 radical (unpaired) electrons. The number of anilines is 1. The summed E-state index contributed by atoms with van der Waals surface area (Å²) in [7, 11) is 0. The first-order chi connectivity index (χ1) is 9.92. The van der Waals surface area contributed by atoms with Crippen LogP contribution in [0.15, 0.2) is 18.3 Å². The van der Waals surface area contributed by atoms with Crippen molar-refractivity contribution in [2.24, 2.45) is 16.7 Å². The Kier molecular flexibility index (Phi) is 2.50. The number of aromatic nitrogens is 1. The van der Waals surface area contributed by atoms with E-state index in [4.69, 9.17) is 5.26 Å². The number of rotatable bonds is 2. The Bertz CT molecular complexity index is 594. The van der Waals surface area contributed by atoms with Gasteiger partial charge in [-0.05, 0) is 67.4 Å². The van der Waals surface area contributed by atoms with E-state index in [0.29, 0.717) is 16.5 Å². The van der Waals surface area contributed by atoms with Crippen molar-refractivity contribution in [1.82, 2.24) is 4.98 Å². The molecular formula is C18H23N3. The molecule has 3 nitrogen and oxygen atoms in total. The van der Waals surface area contributed by atoms with Gasteiger partial charge in [-0.1, -0.05) is 13.8 Å². The van der Waals surface area contributed by atoms with Crippen LogP contribution in [0.3, 0.4) is 0 Å². The second-order valence-electron chi connectivity index (χ2n) is 8.58. The Morgan fingerprint density at radius 2 is 1.86 bits per heavy atom. The van der Waals surface area contributed by atoms with Crippen molar-refractivity contribution >= 4 is 5.69 Å². The van der Waals surface area contributed by atoms with Crippen molar-refractivity contribution in [3.63, 3.8) is 0 Å². The fraction of sp³-hybridized carbons (Fsp3) is 0.667. The van der Waals surface area contributed by atoms with Gasteiger partial charge in [-0.3, -0.25) is 0 Å². The normalized spacial score (nSPS) is 43.6. The minimum Gasteiger partial charge on any atom is -0.378 e. The molecule has 110 valence electrons. The Balaban J connectivity index is 1.63. The van der Waals surface area contributed by atoms with Gasteiger partial charge in [0.15, 0.2) is 0 Å². The lowest BCUT2D eigenvalue weighted by Gasteiger charge is -2.65. The number of hydrogen-bond donors (Lipinski definition) is 1. The Morgan fingerprint density at radius 1 is 1.14 bits per heavy atom. The Hall–Kier alpha value is -1.56. The van der Waals surface area contributed by atoms with E-state index >= 15 is 0 Å². The summed E-state index contributed by atoms with van der Waals surface area (Å²) in [4.78, 5) is 4.21. The number of nitrogens with one attached hydrogen (secondary N) is 1. The molecule has 5 rings (SSSR count). The van der Waals surface area contributed by atoms with Gasteiger partial charge >= 0.3 is 0 Å². The standard InChI is InChI=1S/C18H23N3/c1-16-5-13-6-17(2,10-16)12-18(7-13,11-16)21-15-4-3-14(8-19)20-9-15/h3-4,9,13,21H,5-7,10-12H2,1-2H3. The summed E-state index contributed by atoms with van der Waals surface area (Å²) in [6.07, 6.45) is 9.92. The molecule has 21 heavy (non-hydrogen) atoms. The highest BCUT2D eigenvalue weighted by Gasteiger charge is 2.60. The van der Waals surface area contributed by atoms with Gasteiger partial charge in [0.2, 0.25) is 0 Å². The summed E-state index contributed by atoms with van der Waals surface area (Å²) in [5.41, 5.74) is 2.84. The summed E-state index contributed by atoms with van der Waals surface area (Å²) < 4.78 is 0. The smallest absolute Gasteiger partial charge is 0.140 e. The molecule has 3 heteroatoms. The van der Waals surface area contributed by atoms with Crippen molar-refractivity contribution in [2.75, 3.05) is 5.32 Å². The molecule has 0 saturated heterocycles. The highest BCUT2D eigenvalue weighted by atomic mass is 15.0. The summed E-state index contributed by atoms with van der Waals surface area (Å²) in [5, 5.41) is 12.7. The van der Waals surface area contributed by atoms with E-state index < -0.39 is 0 Å². The predicted octanol–water partition coefficient (Wildman–Crippen LogP) is 4.11. The van der Waals surface area contributed by atoms with E-state index in [1.54, 1.807) is 0 Å². The number of hydrogen-bond acceptors (Lipinski definition) is 3. The minimum atomic E-state index is 0.249. The van der Waals surface area contributed by atoms with Gasteiger partial charge in [-0.2, -0.15) is 5.26 Å². The van der Waals surface area contributed by atoms with Crippen molar-refractivity contribution in [3.05, 3.63) is 24.0 Å². The lowest BCUT2D eigenvalue weighted by molar-refractivity contribution is -0.0973. The van der Waals surface area contributed by atoms with Crippen LogP contribution in [0.1, 0.15) is 58.1 Å². The molecule has 2 atom stereocenters. The average molecular weight is 281 g/mol. The first-order valence-electron chi connectivity index (χ1n) is 8.06. The molecule has 1 heterocycles. The third-order valence-electron chi connectivity index (χ3n) is 5.91. The van der Waals surface area contributed by atoms with Gasteiger partial charge in [-0.15, -0.1) is 0 Å². The monoisotopic (exact) mass is 281 g/mol. The topological polar surface area (TPSA) is 48.7 Å². The van der Waals surface area contributed by atoms with Crippen molar-refractivity contribution in [3.8, 4) is 6.07 Å². The van der Waals surface area contributed by atoms with Crippen molar-refractivity contribution in [1.29, 1.82) is 5.26 Å². The zero-order valence-electron chi connectivity index (χ0n) is 12.9. The third kappa shape index (κ3) is 2.12. The van der Waals surface area contributed by atoms with Gasteiger partial charge in [0.05, 0.1) is 11.9 Å². The molecule has 4 saturated carbocycles. The Labute approximate surface area is 126 Å². The van der Waals surface area contributed by atoms with E-state index in [1.807, 2.05) is 18.3 Å². The fourth-order valence-corrected chi connectivity index (χ4v) is 6.43. The van der Waals surface area contributed by atoms with Crippen LogP contribution in [0.4, 0.5) is 5.69 Å². The molecule has 0 amide bonds. The molecule has 4 fully saturated rings. The van der Waals surface area contributed by atoms with Crippen LogP contribution in [0.25, 0.3) is 0 Å². The number of pyridine rings is 1.